The van der Waals surface area contributed by atoms with Gasteiger partial charge in [0.1, 0.15) is 5.75 Å². The highest BCUT2D eigenvalue weighted by Crippen LogP contribution is 2.12. The van der Waals surface area contributed by atoms with E-state index in [0.29, 0.717) is 5.56 Å². The van der Waals surface area contributed by atoms with E-state index < -0.39 is 0 Å². The number of rotatable bonds is 3. The van der Waals surface area contributed by atoms with Crippen LogP contribution in [0.25, 0.3) is 0 Å². The first-order valence-corrected chi connectivity index (χ1v) is 6.68. The van der Waals surface area contributed by atoms with Gasteiger partial charge in [-0.05, 0) is 50.6 Å². The SMILES string of the molecule is C/C(=N/NC(=O)c1ccc(O)cc1)c1ccc(C)cc1C. The molecule has 4 heteroatoms. The molecule has 0 unspecified atom stereocenters. The lowest BCUT2D eigenvalue weighted by Crippen LogP contribution is -2.19. The predicted molar refractivity (Wildman–Crippen MR) is 83.7 cm³/mol. The van der Waals surface area contributed by atoms with Gasteiger partial charge in [-0.1, -0.05) is 23.8 Å². The van der Waals surface area contributed by atoms with Gasteiger partial charge in [-0.3, -0.25) is 4.79 Å². The number of phenolic OH excluding ortho intramolecular Hbond substituents is 1. The first kappa shape index (κ1) is 14.8. The summed E-state index contributed by atoms with van der Waals surface area (Å²) in [6.07, 6.45) is 0. The molecule has 4 nitrogen and oxygen atoms in total. The molecular formula is C17H18N2O2. The minimum Gasteiger partial charge on any atom is -0.508 e. The third kappa shape index (κ3) is 3.69. The normalized spacial score (nSPS) is 11.3. The van der Waals surface area contributed by atoms with E-state index >= 15 is 0 Å². The smallest absolute Gasteiger partial charge is 0.271 e. The van der Waals surface area contributed by atoms with E-state index in [1.807, 2.05) is 32.9 Å². The molecule has 21 heavy (non-hydrogen) atoms. The van der Waals surface area contributed by atoms with Gasteiger partial charge in [0.2, 0.25) is 0 Å². The maximum absolute atomic E-state index is 11.9. The van der Waals surface area contributed by atoms with Gasteiger partial charge in [0.25, 0.3) is 5.91 Å². The Morgan fingerprint density at radius 1 is 1.10 bits per heavy atom. The molecule has 2 rings (SSSR count). The molecule has 2 N–H and O–H groups in total. The second-order valence-corrected chi connectivity index (χ2v) is 5.00. The molecule has 108 valence electrons. The summed E-state index contributed by atoms with van der Waals surface area (Å²) < 4.78 is 0. The Bertz CT molecular complexity index is 688. The van der Waals surface area contributed by atoms with E-state index in [0.717, 1.165) is 16.8 Å². The summed E-state index contributed by atoms with van der Waals surface area (Å²) in [7, 11) is 0. The number of nitrogens with zero attached hydrogens (tertiary/aromatic N) is 1. The maximum atomic E-state index is 11.9. The summed E-state index contributed by atoms with van der Waals surface area (Å²) in [5.41, 5.74) is 7.04. The number of benzene rings is 2. The molecular weight excluding hydrogens is 264 g/mol. The standard InChI is InChI=1S/C17H18N2O2/c1-11-4-9-16(12(2)10-11)13(3)18-19-17(21)14-5-7-15(20)8-6-14/h4-10,20H,1-3H3,(H,19,21)/b18-13-. The van der Waals surface area contributed by atoms with Crippen LogP contribution < -0.4 is 5.43 Å². The lowest BCUT2D eigenvalue weighted by Gasteiger charge is -2.07. The molecule has 0 saturated heterocycles. The third-order valence-electron chi connectivity index (χ3n) is 3.23. The molecule has 0 fully saturated rings. The Morgan fingerprint density at radius 3 is 2.38 bits per heavy atom. The van der Waals surface area contributed by atoms with Crippen molar-refractivity contribution in [2.45, 2.75) is 20.8 Å². The maximum Gasteiger partial charge on any atom is 0.271 e. The zero-order valence-electron chi connectivity index (χ0n) is 12.3. The van der Waals surface area contributed by atoms with Gasteiger partial charge in [0, 0.05) is 11.1 Å². The highest BCUT2D eigenvalue weighted by Gasteiger charge is 2.06. The van der Waals surface area contributed by atoms with Crippen LogP contribution in [0.1, 0.15) is 34.0 Å². The first-order chi connectivity index (χ1) is 9.97. The second-order valence-electron chi connectivity index (χ2n) is 5.00. The molecule has 0 spiro atoms. The molecule has 0 aliphatic rings. The van der Waals surface area contributed by atoms with Gasteiger partial charge in [-0.15, -0.1) is 0 Å². The van der Waals surface area contributed by atoms with E-state index in [2.05, 4.69) is 16.6 Å². The molecule has 0 bridgehead atoms. The molecule has 2 aromatic rings. The number of aromatic hydroxyl groups is 1. The summed E-state index contributed by atoms with van der Waals surface area (Å²) in [6, 6.07) is 12.1. The lowest BCUT2D eigenvalue weighted by molar-refractivity contribution is 0.0955. The summed E-state index contributed by atoms with van der Waals surface area (Å²) in [5, 5.41) is 13.3. The Balaban J connectivity index is 2.12. The fourth-order valence-corrected chi connectivity index (χ4v) is 2.09. The van der Waals surface area contributed by atoms with Crippen LogP contribution in [-0.2, 0) is 0 Å². The summed E-state index contributed by atoms with van der Waals surface area (Å²) in [6.45, 7) is 5.91. The van der Waals surface area contributed by atoms with Crippen LogP contribution >= 0.6 is 0 Å². The van der Waals surface area contributed by atoms with Crippen LogP contribution in [0.3, 0.4) is 0 Å². The van der Waals surface area contributed by atoms with Crippen LogP contribution in [-0.4, -0.2) is 16.7 Å². The number of carbonyl (C=O) groups is 1. The van der Waals surface area contributed by atoms with Crippen molar-refractivity contribution in [2.75, 3.05) is 0 Å². The Kier molecular flexibility index (Phi) is 4.38. The second kappa shape index (κ2) is 6.22. The van der Waals surface area contributed by atoms with Crippen LogP contribution in [0.2, 0.25) is 0 Å². The number of carbonyl (C=O) groups excluding carboxylic acids is 1. The van der Waals surface area contributed by atoms with Crippen molar-refractivity contribution in [2.24, 2.45) is 5.10 Å². The van der Waals surface area contributed by atoms with Crippen molar-refractivity contribution in [1.82, 2.24) is 5.43 Å². The van der Waals surface area contributed by atoms with Crippen molar-refractivity contribution in [1.29, 1.82) is 0 Å². The van der Waals surface area contributed by atoms with Crippen molar-refractivity contribution in [3.63, 3.8) is 0 Å². The van der Waals surface area contributed by atoms with E-state index in [1.54, 1.807) is 12.1 Å². The van der Waals surface area contributed by atoms with Gasteiger partial charge in [-0.25, -0.2) is 5.43 Å². The molecule has 0 atom stereocenters. The lowest BCUT2D eigenvalue weighted by atomic mass is 10.0. The van der Waals surface area contributed by atoms with Gasteiger partial charge >= 0.3 is 0 Å². The average Bonchev–Trinajstić information content (AvgIpc) is 2.45. The number of nitrogens with one attached hydrogen (secondary N) is 1. The Hall–Kier alpha value is -2.62. The Morgan fingerprint density at radius 2 is 1.76 bits per heavy atom. The molecule has 2 aromatic carbocycles. The highest BCUT2D eigenvalue weighted by atomic mass is 16.3. The van der Waals surface area contributed by atoms with Crippen molar-refractivity contribution >= 4 is 11.6 Å². The molecule has 0 aliphatic heterocycles. The molecule has 1 amide bonds. The molecule has 0 heterocycles. The number of amides is 1. The monoisotopic (exact) mass is 282 g/mol. The van der Waals surface area contributed by atoms with Crippen molar-refractivity contribution in [3.05, 3.63) is 64.7 Å². The first-order valence-electron chi connectivity index (χ1n) is 6.68. The fraction of sp³-hybridized carbons (Fsp3) is 0.176. The zero-order valence-corrected chi connectivity index (χ0v) is 12.3. The summed E-state index contributed by atoms with van der Waals surface area (Å²) in [4.78, 5) is 11.9. The number of phenols is 1. The van der Waals surface area contributed by atoms with Gasteiger partial charge in [0.05, 0.1) is 5.71 Å². The summed E-state index contributed by atoms with van der Waals surface area (Å²) in [5.74, 6) is -0.180. The predicted octanol–water partition coefficient (Wildman–Crippen LogP) is 3.16. The topological polar surface area (TPSA) is 61.7 Å². The van der Waals surface area contributed by atoms with E-state index in [4.69, 9.17) is 0 Å². The van der Waals surface area contributed by atoms with E-state index in [-0.39, 0.29) is 11.7 Å². The summed E-state index contributed by atoms with van der Waals surface area (Å²) >= 11 is 0. The van der Waals surface area contributed by atoms with Gasteiger partial charge in [0.15, 0.2) is 0 Å². The quantitative estimate of drug-likeness (QED) is 0.671. The Labute approximate surface area is 124 Å². The van der Waals surface area contributed by atoms with Crippen LogP contribution in [0, 0.1) is 13.8 Å². The average molecular weight is 282 g/mol. The molecule has 0 saturated carbocycles. The van der Waals surface area contributed by atoms with E-state index in [1.165, 1.54) is 17.7 Å². The number of aryl methyl sites for hydroxylation is 2. The number of hydrazone groups is 1. The van der Waals surface area contributed by atoms with Crippen molar-refractivity contribution in [3.8, 4) is 5.75 Å². The molecule has 0 radical (unpaired) electrons. The van der Waals surface area contributed by atoms with Crippen LogP contribution in [0.4, 0.5) is 0 Å². The number of hydrogen-bond acceptors (Lipinski definition) is 3. The van der Waals surface area contributed by atoms with Gasteiger partial charge in [-0.2, -0.15) is 5.10 Å². The largest absolute Gasteiger partial charge is 0.508 e. The highest BCUT2D eigenvalue weighted by molar-refractivity contribution is 6.01. The molecule has 0 aliphatic carbocycles. The van der Waals surface area contributed by atoms with Crippen molar-refractivity contribution < 1.29 is 9.90 Å². The minimum absolute atomic E-state index is 0.126. The third-order valence-corrected chi connectivity index (χ3v) is 3.23. The minimum atomic E-state index is -0.306. The van der Waals surface area contributed by atoms with E-state index in [9.17, 15) is 9.90 Å². The van der Waals surface area contributed by atoms with Crippen LogP contribution in [0.5, 0.6) is 5.75 Å². The zero-order chi connectivity index (χ0) is 15.4. The fourth-order valence-electron chi connectivity index (χ4n) is 2.09. The van der Waals surface area contributed by atoms with Crippen LogP contribution in [0.15, 0.2) is 47.6 Å². The van der Waals surface area contributed by atoms with Gasteiger partial charge < -0.3 is 5.11 Å². The number of hydrogen-bond donors (Lipinski definition) is 2. The molecule has 0 aromatic heterocycles.